The van der Waals surface area contributed by atoms with E-state index in [0.29, 0.717) is 6.61 Å². The van der Waals surface area contributed by atoms with Crippen molar-refractivity contribution in [3.05, 3.63) is 0 Å². The Bertz CT molecular complexity index is 173. The van der Waals surface area contributed by atoms with Gasteiger partial charge in [-0.25, -0.2) is 0 Å². The van der Waals surface area contributed by atoms with Crippen molar-refractivity contribution in [2.24, 2.45) is 0 Å². The van der Waals surface area contributed by atoms with E-state index in [2.05, 4.69) is 32.7 Å². The van der Waals surface area contributed by atoms with Crippen LogP contribution in [0.4, 0.5) is 0 Å². The summed E-state index contributed by atoms with van der Waals surface area (Å²) in [5.41, 5.74) is 0.224. The first-order valence-corrected chi connectivity index (χ1v) is 5.18. The summed E-state index contributed by atoms with van der Waals surface area (Å²) >= 11 is 0. The van der Waals surface area contributed by atoms with Gasteiger partial charge in [-0.3, -0.25) is 4.79 Å². The van der Waals surface area contributed by atoms with Gasteiger partial charge in [0, 0.05) is 12.5 Å². The SMILES string of the molecule is CC(=O)OCCCCN(C)C(C)(C)C. The summed E-state index contributed by atoms with van der Waals surface area (Å²) in [5.74, 6) is -0.186. The molecule has 84 valence electrons. The highest BCUT2D eigenvalue weighted by atomic mass is 16.5. The van der Waals surface area contributed by atoms with Gasteiger partial charge in [-0.15, -0.1) is 0 Å². The van der Waals surface area contributed by atoms with Crippen LogP contribution in [-0.4, -0.2) is 36.6 Å². The number of hydrogen-bond acceptors (Lipinski definition) is 3. The molecule has 0 saturated heterocycles. The molecule has 3 nitrogen and oxygen atoms in total. The van der Waals surface area contributed by atoms with Crippen LogP contribution in [0.15, 0.2) is 0 Å². The van der Waals surface area contributed by atoms with Crippen molar-refractivity contribution in [3.8, 4) is 0 Å². The number of carbonyl (C=O) groups is 1. The highest BCUT2D eigenvalue weighted by molar-refractivity contribution is 5.65. The summed E-state index contributed by atoms with van der Waals surface area (Å²) in [6.07, 6.45) is 2.01. The minimum absolute atomic E-state index is 0.186. The molecular weight excluding hydrogens is 178 g/mol. The van der Waals surface area contributed by atoms with Gasteiger partial charge >= 0.3 is 5.97 Å². The minimum Gasteiger partial charge on any atom is -0.466 e. The number of nitrogens with zero attached hydrogens (tertiary/aromatic N) is 1. The highest BCUT2D eigenvalue weighted by Gasteiger charge is 2.15. The lowest BCUT2D eigenvalue weighted by Crippen LogP contribution is -2.38. The summed E-state index contributed by atoms with van der Waals surface area (Å²) in [6.45, 7) is 9.62. The van der Waals surface area contributed by atoms with Gasteiger partial charge < -0.3 is 9.64 Å². The maximum Gasteiger partial charge on any atom is 0.302 e. The Balaban J connectivity index is 3.41. The molecule has 0 rings (SSSR count). The normalized spacial score (nSPS) is 11.9. The van der Waals surface area contributed by atoms with Gasteiger partial charge in [-0.05, 0) is 47.2 Å². The fourth-order valence-electron chi connectivity index (χ4n) is 1.00. The second kappa shape index (κ2) is 6.02. The highest BCUT2D eigenvalue weighted by Crippen LogP contribution is 2.10. The summed E-state index contributed by atoms with van der Waals surface area (Å²) in [6, 6.07) is 0. The fourth-order valence-corrected chi connectivity index (χ4v) is 1.00. The van der Waals surface area contributed by atoms with E-state index >= 15 is 0 Å². The van der Waals surface area contributed by atoms with Crippen LogP contribution in [0.1, 0.15) is 40.5 Å². The van der Waals surface area contributed by atoms with E-state index in [-0.39, 0.29) is 11.5 Å². The molecule has 0 N–H and O–H groups in total. The lowest BCUT2D eigenvalue weighted by atomic mass is 10.1. The van der Waals surface area contributed by atoms with Gasteiger partial charge in [-0.2, -0.15) is 0 Å². The predicted octanol–water partition coefficient (Wildman–Crippen LogP) is 2.06. The maximum absolute atomic E-state index is 10.5. The Labute approximate surface area is 87.4 Å². The molecule has 3 heteroatoms. The van der Waals surface area contributed by atoms with Gasteiger partial charge in [0.15, 0.2) is 0 Å². The number of carbonyl (C=O) groups excluding carboxylic acids is 1. The average Bonchev–Trinajstić information content (AvgIpc) is 2.01. The largest absolute Gasteiger partial charge is 0.466 e. The van der Waals surface area contributed by atoms with Crippen molar-refractivity contribution >= 4 is 5.97 Å². The zero-order chi connectivity index (χ0) is 11.2. The molecule has 0 amide bonds. The standard InChI is InChI=1S/C11H23NO2/c1-10(13)14-9-7-6-8-12(5)11(2,3)4/h6-9H2,1-5H3. The van der Waals surface area contributed by atoms with Gasteiger partial charge in [0.1, 0.15) is 0 Å². The van der Waals surface area contributed by atoms with E-state index < -0.39 is 0 Å². The zero-order valence-corrected chi connectivity index (χ0v) is 10.1. The Kier molecular flexibility index (Phi) is 5.77. The zero-order valence-electron chi connectivity index (χ0n) is 10.1. The first kappa shape index (κ1) is 13.4. The lowest BCUT2D eigenvalue weighted by Gasteiger charge is -2.31. The third-order valence-corrected chi connectivity index (χ3v) is 2.34. The third-order valence-electron chi connectivity index (χ3n) is 2.34. The summed E-state index contributed by atoms with van der Waals surface area (Å²) in [7, 11) is 2.12. The molecule has 0 aromatic rings. The Hall–Kier alpha value is -0.570. The summed E-state index contributed by atoms with van der Waals surface area (Å²) in [5, 5.41) is 0. The van der Waals surface area contributed by atoms with Gasteiger partial charge in [0.2, 0.25) is 0 Å². The maximum atomic E-state index is 10.5. The molecule has 14 heavy (non-hydrogen) atoms. The summed E-state index contributed by atoms with van der Waals surface area (Å²) < 4.78 is 4.85. The van der Waals surface area contributed by atoms with Crippen LogP contribution in [0.25, 0.3) is 0 Å². The van der Waals surface area contributed by atoms with E-state index in [1.54, 1.807) is 0 Å². The number of unbranched alkanes of at least 4 members (excludes halogenated alkanes) is 1. The molecule has 0 aromatic heterocycles. The molecule has 0 aromatic carbocycles. The Morgan fingerprint density at radius 1 is 1.29 bits per heavy atom. The first-order chi connectivity index (χ1) is 6.34. The van der Waals surface area contributed by atoms with Gasteiger partial charge in [0.05, 0.1) is 6.61 Å². The lowest BCUT2D eigenvalue weighted by molar-refractivity contribution is -0.141. The smallest absolute Gasteiger partial charge is 0.302 e. The molecule has 0 aliphatic rings. The van der Waals surface area contributed by atoms with Crippen LogP contribution in [0, 0.1) is 0 Å². The molecular formula is C11H23NO2. The predicted molar refractivity (Wildman–Crippen MR) is 58.3 cm³/mol. The van der Waals surface area contributed by atoms with Crippen LogP contribution < -0.4 is 0 Å². The van der Waals surface area contributed by atoms with Crippen molar-refractivity contribution in [2.45, 2.75) is 46.1 Å². The number of esters is 1. The van der Waals surface area contributed by atoms with Crippen molar-refractivity contribution in [1.29, 1.82) is 0 Å². The number of hydrogen-bond donors (Lipinski definition) is 0. The first-order valence-electron chi connectivity index (χ1n) is 5.18. The topological polar surface area (TPSA) is 29.5 Å². The van der Waals surface area contributed by atoms with E-state index in [0.717, 1.165) is 19.4 Å². The Morgan fingerprint density at radius 3 is 2.29 bits per heavy atom. The summed E-state index contributed by atoms with van der Waals surface area (Å²) in [4.78, 5) is 12.8. The van der Waals surface area contributed by atoms with Crippen LogP contribution in [0.5, 0.6) is 0 Å². The van der Waals surface area contributed by atoms with E-state index in [1.807, 2.05) is 0 Å². The quantitative estimate of drug-likeness (QED) is 0.503. The minimum atomic E-state index is -0.186. The molecule has 0 aliphatic heterocycles. The number of ether oxygens (including phenoxy) is 1. The van der Waals surface area contributed by atoms with Crippen LogP contribution in [0.2, 0.25) is 0 Å². The molecule has 0 saturated carbocycles. The molecule has 0 bridgehead atoms. The van der Waals surface area contributed by atoms with E-state index in [1.165, 1.54) is 6.92 Å². The van der Waals surface area contributed by atoms with Gasteiger partial charge in [-0.1, -0.05) is 0 Å². The second-order valence-electron chi connectivity index (χ2n) is 4.64. The van der Waals surface area contributed by atoms with Crippen LogP contribution in [0.3, 0.4) is 0 Å². The average molecular weight is 201 g/mol. The monoisotopic (exact) mass is 201 g/mol. The van der Waals surface area contributed by atoms with Crippen LogP contribution in [-0.2, 0) is 9.53 Å². The van der Waals surface area contributed by atoms with Crippen molar-refractivity contribution in [2.75, 3.05) is 20.2 Å². The molecule has 0 atom stereocenters. The van der Waals surface area contributed by atoms with E-state index in [9.17, 15) is 4.79 Å². The fraction of sp³-hybridized carbons (Fsp3) is 0.909. The van der Waals surface area contributed by atoms with E-state index in [4.69, 9.17) is 4.74 Å². The second-order valence-corrected chi connectivity index (χ2v) is 4.64. The van der Waals surface area contributed by atoms with Crippen molar-refractivity contribution < 1.29 is 9.53 Å². The van der Waals surface area contributed by atoms with Crippen molar-refractivity contribution in [3.63, 3.8) is 0 Å². The molecule has 0 aliphatic carbocycles. The molecule has 0 fully saturated rings. The third kappa shape index (κ3) is 6.89. The van der Waals surface area contributed by atoms with Crippen LogP contribution >= 0.6 is 0 Å². The molecule has 0 spiro atoms. The molecule has 0 unspecified atom stereocenters. The molecule has 0 heterocycles. The van der Waals surface area contributed by atoms with Gasteiger partial charge in [0.25, 0.3) is 0 Å². The van der Waals surface area contributed by atoms with Crippen molar-refractivity contribution in [1.82, 2.24) is 4.90 Å². The number of rotatable bonds is 5. The molecule has 0 radical (unpaired) electrons. The Morgan fingerprint density at radius 2 is 1.86 bits per heavy atom.